The number of amides is 2. The van der Waals surface area contributed by atoms with Crippen molar-refractivity contribution in [1.29, 1.82) is 0 Å². The van der Waals surface area contributed by atoms with E-state index in [0.717, 1.165) is 57.5 Å². The number of benzene rings is 1. The van der Waals surface area contributed by atoms with E-state index in [4.69, 9.17) is 0 Å². The average Bonchev–Trinajstić information content (AvgIpc) is 3.08. The van der Waals surface area contributed by atoms with Gasteiger partial charge in [-0.2, -0.15) is 13.2 Å². The molecular formula is C22H31F3N4O2. The second-order valence-electron chi connectivity index (χ2n) is 8.66. The molecule has 172 valence electrons. The van der Waals surface area contributed by atoms with Gasteiger partial charge in [0.1, 0.15) is 0 Å². The summed E-state index contributed by atoms with van der Waals surface area (Å²) in [7, 11) is 3.91. The Morgan fingerprint density at radius 1 is 1.19 bits per heavy atom. The van der Waals surface area contributed by atoms with Crippen molar-refractivity contribution in [3.05, 3.63) is 23.8 Å². The highest BCUT2D eigenvalue weighted by Gasteiger charge is 2.35. The largest absolute Gasteiger partial charge is 0.416 e. The van der Waals surface area contributed by atoms with Crippen LogP contribution >= 0.6 is 0 Å². The van der Waals surface area contributed by atoms with Gasteiger partial charge in [-0.25, -0.2) is 0 Å². The molecule has 0 saturated carbocycles. The van der Waals surface area contributed by atoms with Gasteiger partial charge in [0.25, 0.3) is 0 Å². The highest BCUT2D eigenvalue weighted by atomic mass is 19.4. The zero-order valence-electron chi connectivity index (χ0n) is 18.2. The summed E-state index contributed by atoms with van der Waals surface area (Å²) >= 11 is 0. The van der Waals surface area contributed by atoms with Crippen molar-refractivity contribution >= 4 is 23.2 Å². The number of likely N-dealkylation sites (tertiary alicyclic amines) is 1. The van der Waals surface area contributed by atoms with E-state index in [0.29, 0.717) is 18.8 Å². The third kappa shape index (κ3) is 6.12. The van der Waals surface area contributed by atoms with Gasteiger partial charge in [0.2, 0.25) is 11.8 Å². The molecule has 0 bridgehead atoms. The van der Waals surface area contributed by atoms with Crippen LogP contribution in [0.4, 0.5) is 24.5 Å². The lowest BCUT2D eigenvalue weighted by atomic mass is 10.1. The summed E-state index contributed by atoms with van der Waals surface area (Å²) in [5.74, 6) is -1.05. The van der Waals surface area contributed by atoms with Crippen LogP contribution in [0.3, 0.4) is 0 Å². The number of halogens is 3. The minimum absolute atomic E-state index is 0.0841. The fraction of sp³-hybridized carbons (Fsp3) is 0.636. The molecular weight excluding hydrogens is 409 g/mol. The number of carbonyl (C=O) groups excluding carboxylic acids is 2. The predicted octanol–water partition coefficient (Wildman–Crippen LogP) is 3.43. The summed E-state index contributed by atoms with van der Waals surface area (Å²) in [5, 5.41) is 2.71. The highest BCUT2D eigenvalue weighted by Crippen LogP contribution is 2.36. The molecule has 2 aliphatic heterocycles. The molecule has 2 aliphatic rings. The molecule has 1 N–H and O–H groups in total. The number of carbonyl (C=O) groups is 2. The summed E-state index contributed by atoms with van der Waals surface area (Å²) < 4.78 is 39.8. The highest BCUT2D eigenvalue weighted by molar-refractivity contribution is 5.99. The molecule has 0 aliphatic carbocycles. The number of piperidine rings is 1. The first kappa shape index (κ1) is 23.4. The van der Waals surface area contributed by atoms with E-state index in [1.165, 1.54) is 6.07 Å². The van der Waals surface area contributed by atoms with Crippen LogP contribution in [-0.2, 0) is 15.8 Å². The molecule has 0 radical (unpaired) electrons. The summed E-state index contributed by atoms with van der Waals surface area (Å²) in [4.78, 5) is 30.9. The van der Waals surface area contributed by atoms with E-state index in [2.05, 4.69) is 5.32 Å². The summed E-state index contributed by atoms with van der Waals surface area (Å²) in [6.45, 7) is 3.20. The van der Waals surface area contributed by atoms with Crippen LogP contribution in [0.15, 0.2) is 18.2 Å². The lowest BCUT2D eigenvalue weighted by molar-refractivity contribution is -0.137. The first-order chi connectivity index (χ1) is 14.6. The van der Waals surface area contributed by atoms with E-state index >= 15 is 0 Å². The fourth-order valence-electron chi connectivity index (χ4n) is 4.20. The molecule has 1 unspecified atom stereocenters. The maximum atomic E-state index is 13.3. The Bertz CT molecular complexity index is 791. The smallest absolute Gasteiger partial charge is 0.370 e. The number of hydrogen-bond acceptors (Lipinski definition) is 4. The third-order valence-corrected chi connectivity index (χ3v) is 5.90. The zero-order valence-corrected chi connectivity index (χ0v) is 18.2. The number of nitrogens with one attached hydrogen (secondary N) is 1. The molecule has 0 aromatic heterocycles. The molecule has 3 rings (SSSR count). The standard InChI is InChI=1S/C22H31F3N4O2/c1-27(2)9-6-12-29-15-16(13-20(29)30)21(31)26-18-14-17(22(23,24)25)7-8-19(18)28-10-4-3-5-11-28/h7-8,14,16H,3-6,9-13,15H2,1-2H3,(H,26,31). The molecule has 1 aromatic rings. The van der Waals surface area contributed by atoms with Gasteiger partial charge in [-0.15, -0.1) is 0 Å². The van der Waals surface area contributed by atoms with Crippen LogP contribution in [0.25, 0.3) is 0 Å². The lowest BCUT2D eigenvalue weighted by Crippen LogP contribution is -2.32. The van der Waals surface area contributed by atoms with Crippen molar-refractivity contribution in [1.82, 2.24) is 9.80 Å². The Kier molecular flexibility index (Phi) is 7.46. The second-order valence-corrected chi connectivity index (χ2v) is 8.66. The molecule has 9 heteroatoms. The molecule has 2 amide bonds. The molecule has 6 nitrogen and oxygen atoms in total. The zero-order chi connectivity index (χ0) is 22.6. The molecule has 2 saturated heterocycles. The Morgan fingerprint density at radius 2 is 1.90 bits per heavy atom. The van der Waals surface area contributed by atoms with E-state index in [1.54, 1.807) is 4.90 Å². The minimum Gasteiger partial charge on any atom is -0.370 e. The fourth-order valence-corrected chi connectivity index (χ4v) is 4.20. The van der Waals surface area contributed by atoms with E-state index in [9.17, 15) is 22.8 Å². The lowest BCUT2D eigenvalue weighted by Gasteiger charge is -2.31. The van der Waals surface area contributed by atoms with Gasteiger partial charge >= 0.3 is 6.18 Å². The van der Waals surface area contributed by atoms with Crippen molar-refractivity contribution in [2.75, 3.05) is 57.0 Å². The summed E-state index contributed by atoms with van der Waals surface area (Å²) in [6.07, 6.45) is -0.578. The third-order valence-electron chi connectivity index (χ3n) is 5.90. The second kappa shape index (κ2) is 9.89. The Hall–Kier alpha value is -2.29. The van der Waals surface area contributed by atoms with Gasteiger partial charge in [0, 0.05) is 32.6 Å². The molecule has 2 fully saturated rings. The maximum Gasteiger partial charge on any atom is 0.416 e. The number of alkyl halides is 3. The van der Waals surface area contributed by atoms with Gasteiger partial charge in [-0.1, -0.05) is 0 Å². The number of nitrogens with zero attached hydrogens (tertiary/aromatic N) is 3. The minimum atomic E-state index is -4.49. The monoisotopic (exact) mass is 440 g/mol. The Labute approximate surface area is 181 Å². The predicted molar refractivity (Wildman–Crippen MR) is 114 cm³/mol. The topological polar surface area (TPSA) is 55.9 Å². The first-order valence-electron chi connectivity index (χ1n) is 10.8. The van der Waals surface area contributed by atoms with Crippen LogP contribution in [0, 0.1) is 5.92 Å². The Balaban J connectivity index is 1.72. The van der Waals surface area contributed by atoms with Crippen LogP contribution in [-0.4, -0.2) is 68.4 Å². The number of anilines is 2. The maximum absolute atomic E-state index is 13.3. The van der Waals surface area contributed by atoms with Crippen molar-refractivity contribution in [3.63, 3.8) is 0 Å². The van der Waals surface area contributed by atoms with E-state index < -0.39 is 23.6 Å². The van der Waals surface area contributed by atoms with Crippen LogP contribution in [0.5, 0.6) is 0 Å². The molecule has 1 atom stereocenters. The SMILES string of the molecule is CN(C)CCCN1CC(C(=O)Nc2cc(C(F)(F)F)ccc2N2CCCCC2)CC1=O. The van der Waals surface area contributed by atoms with Crippen molar-refractivity contribution in [3.8, 4) is 0 Å². The van der Waals surface area contributed by atoms with Crippen LogP contribution in [0.2, 0.25) is 0 Å². The quantitative estimate of drug-likeness (QED) is 0.706. The van der Waals surface area contributed by atoms with E-state index in [1.807, 2.05) is 23.9 Å². The first-order valence-corrected chi connectivity index (χ1v) is 10.8. The van der Waals surface area contributed by atoms with Gasteiger partial charge < -0.3 is 20.0 Å². The molecule has 2 heterocycles. The summed E-state index contributed by atoms with van der Waals surface area (Å²) in [6, 6.07) is 3.51. The van der Waals surface area contributed by atoms with E-state index in [-0.39, 0.29) is 18.0 Å². The van der Waals surface area contributed by atoms with Gasteiger partial charge in [-0.05, 0) is 64.5 Å². The molecule has 31 heavy (non-hydrogen) atoms. The van der Waals surface area contributed by atoms with Crippen molar-refractivity contribution in [2.45, 2.75) is 38.3 Å². The number of hydrogen-bond donors (Lipinski definition) is 1. The Morgan fingerprint density at radius 3 is 2.55 bits per heavy atom. The summed E-state index contributed by atoms with van der Waals surface area (Å²) in [5.41, 5.74) is -0.0233. The molecule has 0 spiro atoms. The van der Waals surface area contributed by atoms with Crippen molar-refractivity contribution < 1.29 is 22.8 Å². The van der Waals surface area contributed by atoms with Crippen molar-refractivity contribution in [2.24, 2.45) is 5.92 Å². The molecule has 1 aromatic carbocycles. The van der Waals surface area contributed by atoms with Gasteiger partial charge in [0.05, 0.1) is 22.9 Å². The number of rotatable bonds is 7. The van der Waals surface area contributed by atoms with Crippen LogP contribution < -0.4 is 10.2 Å². The van der Waals surface area contributed by atoms with Gasteiger partial charge in [0.15, 0.2) is 0 Å². The van der Waals surface area contributed by atoms with Crippen LogP contribution in [0.1, 0.15) is 37.7 Å². The normalized spacial score (nSPS) is 19.9. The van der Waals surface area contributed by atoms with Gasteiger partial charge in [-0.3, -0.25) is 9.59 Å². The average molecular weight is 441 g/mol.